The van der Waals surface area contributed by atoms with Crippen LogP contribution in [0.15, 0.2) is 29.2 Å². The fourth-order valence-corrected chi connectivity index (χ4v) is 2.00. The number of rotatable bonds is 1. The summed E-state index contributed by atoms with van der Waals surface area (Å²) in [7, 11) is -2.59. The first-order valence-corrected chi connectivity index (χ1v) is 6.91. The lowest BCUT2D eigenvalue weighted by atomic mass is 9.87. The molecule has 2 N–H and O–H groups in total. The Labute approximate surface area is 87.1 Å². The molecule has 0 atom stereocenters. The van der Waals surface area contributed by atoms with Gasteiger partial charge in [0.1, 0.15) is 0 Å². The summed E-state index contributed by atoms with van der Waals surface area (Å²) in [5.41, 5.74) is 1.36. The van der Waals surface area contributed by atoms with Gasteiger partial charge >= 0.3 is 0 Å². The van der Waals surface area contributed by atoms with Gasteiger partial charge in [0.25, 0.3) is 0 Å². The fraction of sp³-hybridized carbons (Fsp3) is 0.455. The highest BCUT2D eigenvalue weighted by Gasteiger charge is 2.14. The minimum Gasteiger partial charge on any atom is -0.270 e. The summed E-state index contributed by atoms with van der Waals surface area (Å²) in [6, 6.07) is 7.72. The zero-order valence-electron chi connectivity index (χ0n) is 9.24. The fourth-order valence-electron chi connectivity index (χ4n) is 1.26. The zero-order valence-corrected chi connectivity index (χ0v) is 10.1. The Bertz CT molecular complexity index is 356. The van der Waals surface area contributed by atoms with E-state index in [1.165, 1.54) is 5.56 Å². The Hall–Kier alpha value is -0.670. The van der Waals surface area contributed by atoms with Gasteiger partial charge in [-0.15, -0.1) is 0 Å². The van der Waals surface area contributed by atoms with Crippen molar-refractivity contribution in [1.29, 1.82) is 0 Å². The summed E-state index contributed by atoms with van der Waals surface area (Å²) >= 11 is 0. The van der Waals surface area contributed by atoms with Crippen LogP contribution in [0.2, 0.25) is 0 Å². The van der Waals surface area contributed by atoms with Crippen molar-refractivity contribution >= 4 is 10.1 Å². The van der Waals surface area contributed by atoms with Gasteiger partial charge in [0.2, 0.25) is 0 Å². The van der Waals surface area contributed by atoms with Gasteiger partial charge in [0, 0.05) is 11.2 Å². The third-order valence-electron chi connectivity index (χ3n) is 2.25. The highest BCUT2D eigenvalue weighted by atomic mass is 32.3. The topological polar surface area (TPSA) is 43.1 Å². The molecule has 0 spiro atoms. The standard InChI is InChI=1S/C11H19NOS/c1-11(2,3)9-5-7-10(8-6-9)14(4,12)13/h5-8,14H,1-4H3,(H2,12,13). The zero-order chi connectivity index (χ0) is 11.0. The second-order valence-electron chi connectivity index (χ2n) is 4.79. The summed E-state index contributed by atoms with van der Waals surface area (Å²) in [5, 5.41) is 5.57. The van der Waals surface area contributed by atoms with E-state index in [1.807, 2.05) is 24.3 Å². The number of benzene rings is 1. The maximum atomic E-state index is 11.6. The predicted octanol–water partition coefficient (Wildman–Crippen LogP) is 1.86. The van der Waals surface area contributed by atoms with Crippen LogP contribution >= 0.6 is 0 Å². The maximum Gasteiger partial charge on any atom is 0.0266 e. The summed E-state index contributed by atoms with van der Waals surface area (Å²) in [5.74, 6) is 0. The van der Waals surface area contributed by atoms with Gasteiger partial charge in [0.05, 0.1) is 0 Å². The second kappa shape index (κ2) is 3.48. The van der Waals surface area contributed by atoms with Crippen LogP contribution in [0.3, 0.4) is 0 Å². The van der Waals surface area contributed by atoms with Crippen LogP contribution in [-0.2, 0) is 15.5 Å². The lowest BCUT2D eigenvalue weighted by Crippen LogP contribution is -2.21. The van der Waals surface area contributed by atoms with Crippen molar-refractivity contribution in [3.8, 4) is 0 Å². The number of hydrogen-bond donors (Lipinski definition) is 2. The molecular formula is C11H19NOS. The molecule has 0 fully saturated rings. The first kappa shape index (κ1) is 11.4. The third-order valence-corrected chi connectivity index (χ3v) is 3.57. The Morgan fingerprint density at radius 1 is 1.14 bits per heavy atom. The van der Waals surface area contributed by atoms with Crippen molar-refractivity contribution in [2.24, 2.45) is 5.14 Å². The van der Waals surface area contributed by atoms with E-state index in [1.54, 1.807) is 6.26 Å². The van der Waals surface area contributed by atoms with Crippen LogP contribution in [0.1, 0.15) is 26.3 Å². The third kappa shape index (κ3) is 2.66. The summed E-state index contributed by atoms with van der Waals surface area (Å²) in [6.07, 6.45) is 1.58. The Kier molecular flexibility index (Phi) is 2.83. The highest BCUT2D eigenvalue weighted by Crippen LogP contribution is 2.23. The second-order valence-corrected chi connectivity index (χ2v) is 7.28. The molecule has 0 heterocycles. The number of nitrogens with two attached hydrogens (primary N) is 1. The molecule has 14 heavy (non-hydrogen) atoms. The molecule has 1 aromatic rings. The molecule has 0 unspecified atom stereocenters. The van der Waals surface area contributed by atoms with Crippen LogP contribution in [0.4, 0.5) is 0 Å². The van der Waals surface area contributed by atoms with Crippen molar-refractivity contribution < 1.29 is 4.21 Å². The molecule has 0 saturated heterocycles. The molecule has 0 amide bonds. The maximum absolute atomic E-state index is 11.6. The van der Waals surface area contributed by atoms with Crippen LogP contribution in [0.25, 0.3) is 0 Å². The minimum atomic E-state index is -2.59. The van der Waals surface area contributed by atoms with Gasteiger partial charge in [-0.05, 0) is 33.2 Å². The highest BCUT2D eigenvalue weighted by molar-refractivity contribution is 8.00. The molecule has 80 valence electrons. The van der Waals surface area contributed by atoms with Gasteiger partial charge in [-0.3, -0.25) is 9.35 Å². The van der Waals surface area contributed by atoms with Crippen LogP contribution in [0, 0.1) is 0 Å². The quantitative estimate of drug-likeness (QED) is 0.687. The van der Waals surface area contributed by atoms with Crippen molar-refractivity contribution in [3.05, 3.63) is 29.8 Å². The molecular weight excluding hydrogens is 194 g/mol. The van der Waals surface area contributed by atoms with Crippen molar-refractivity contribution in [1.82, 2.24) is 0 Å². The molecule has 0 saturated carbocycles. The summed E-state index contributed by atoms with van der Waals surface area (Å²) in [6.45, 7) is 6.45. The van der Waals surface area contributed by atoms with Gasteiger partial charge < -0.3 is 0 Å². The van der Waals surface area contributed by atoms with E-state index in [0.29, 0.717) is 0 Å². The van der Waals surface area contributed by atoms with Crippen molar-refractivity contribution in [3.63, 3.8) is 0 Å². The van der Waals surface area contributed by atoms with E-state index >= 15 is 0 Å². The predicted molar refractivity (Wildman–Crippen MR) is 63.1 cm³/mol. The molecule has 0 bridgehead atoms. The van der Waals surface area contributed by atoms with Gasteiger partial charge in [0.15, 0.2) is 0 Å². The van der Waals surface area contributed by atoms with E-state index in [4.69, 9.17) is 5.14 Å². The lowest BCUT2D eigenvalue weighted by Gasteiger charge is -2.20. The van der Waals surface area contributed by atoms with Gasteiger partial charge in [-0.1, -0.05) is 32.9 Å². The average molecular weight is 213 g/mol. The Morgan fingerprint density at radius 2 is 1.57 bits per heavy atom. The number of hydrogen-bond acceptors (Lipinski definition) is 1. The summed E-state index contributed by atoms with van der Waals surface area (Å²) < 4.78 is 11.6. The van der Waals surface area contributed by atoms with Crippen molar-refractivity contribution in [2.75, 3.05) is 6.26 Å². The monoisotopic (exact) mass is 213 g/mol. The van der Waals surface area contributed by atoms with E-state index in [9.17, 15) is 4.21 Å². The van der Waals surface area contributed by atoms with Crippen LogP contribution in [0.5, 0.6) is 0 Å². The largest absolute Gasteiger partial charge is 0.270 e. The lowest BCUT2D eigenvalue weighted by molar-refractivity contribution is 0.589. The molecule has 0 aliphatic carbocycles. The minimum absolute atomic E-state index is 0.130. The molecule has 1 rings (SSSR count). The molecule has 1 aromatic carbocycles. The SMILES string of the molecule is CC(C)(C)c1ccc([SH](C)(N)=O)cc1. The van der Waals surface area contributed by atoms with Gasteiger partial charge in [-0.2, -0.15) is 0 Å². The smallest absolute Gasteiger partial charge is 0.0266 e. The van der Waals surface area contributed by atoms with E-state index in [0.717, 1.165) is 4.90 Å². The normalized spacial score (nSPS) is 14.1. The van der Waals surface area contributed by atoms with E-state index in [-0.39, 0.29) is 5.41 Å². The van der Waals surface area contributed by atoms with Crippen LogP contribution in [-0.4, -0.2) is 10.5 Å². The first-order chi connectivity index (χ1) is 6.21. The molecule has 0 aliphatic heterocycles. The molecule has 0 aliphatic rings. The summed E-state index contributed by atoms with van der Waals surface area (Å²) in [4.78, 5) is 0.741. The van der Waals surface area contributed by atoms with Crippen molar-refractivity contribution in [2.45, 2.75) is 31.1 Å². The first-order valence-electron chi connectivity index (χ1n) is 4.68. The molecule has 0 radical (unpaired) electrons. The molecule has 2 nitrogen and oxygen atoms in total. The molecule has 3 heteroatoms. The Morgan fingerprint density at radius 3 is 1.86 bits per heavy atom. The molecule has 0 aromatic heterocycles. The van der Waals surface area contributed by atoms with E-state index < -0.39 is 10.1 Å². The number of thiol groups is 1. The van der Waals surface area contributed by atoms with Gasteiger partial charge in [-0.25, -0.2) is 0 Å². The Balaban J connectivity index is 3.08. The average Bonchev–Trinajstić information content (AvgIpc) is 2.01. The van der Waals surface area contributed by atoms with Crippen LogP contribution < -0.4 is 5.14 Å². The van der Waals surface area contributed by atoms with E-state index in [2.05, 4.69) is 20.8 Å².